The fourth-order valence-electron chi connectivity index (χ4n) is 1.73. The van der Waals surface area contributed by atoms with E-state index in [1.807, 2.05) is 18.2 Å². The first-order chi connectivity index (χ1) is 9.79. The van der Waals surface area contributed by atoms with Crippen LogP contribution in [-0.4, -0.2) is 12.5 Å². The van der Waals surface area contributed by atoms with Crippen LogP contribution in [0.3, 0.4) is 0 Å². The molecule has 2 N–H and O–H groups in total. The molecule has 0 saturated carbocycles. The summed E-state index contributed by atoms with van der Waals surface area (Å²) in [7, 11) is 0. The number of hydrogen-bond donors (Lipinski definition) is 2. The molecule has 1 heterocycles. The van der Waals surface area contributed by atoms with Gasteiger partial charge in [-0.3, -0.25) is 4.79 Å². The Labute approximate surface area is 117 Å². The number of rotatable bonds is 6. The standard InChI is InChI=1S/C15H15N3O2/c16-10-12-4-1-2-6-14(12)18-15(19)7-8-17-11-13-5-3-9-20-13/h1-6,9,17H,7-8,11H2,(H,18,19). The number of nitriles is 1. The molecule has 0 spiro atoms. The van der Waals surface area contributed by atoms with Gasteiger partial charge in [0.1, 0.15) is 11.8 Å². The summed E-state index contributed by atoms with van der Waals surface area (Å²) in [5.74, 6) is 0.708. The lowest BCUT2D eigenvalue weighted by Crippen LogP contribution is -2.21. The second kappa shape index (κ2) is 7.12. The molecule has 0 atom stereocenters. The SMILES string of the molecule is N#Cc1ccccc1NC(=O)CCNCc1ccco1. The summed E-state index contributed by atoms with van der Waals surface area (Å²) >= 11 is 0. The number of amides is 1. The quantitative estimate of drug-likeness (QED) is 0.788. The lowest BCUT2D eigenvalue weighted by Gasteiger charge is -2.07. The van der Waals surface area contributed by atoms with E-state index in [4.69, 9.17) is 9.68 Å². The first kappa shape index (κ1) is 13.8. The van der Waals surface area contributed by atoms with Crippen LogP contribution >= 0.6 is 0 Å². The molecule has 0 radical (unpaired) electrons. The number of carbonyl (C=O) groups excluding carboxylic acids is 1. The van der Waals surface area contributed by atoms with Gasteiger partial charge in [0.2, 0.25) is 5.91 Å². The van der Waals surface area contributed by atoms with E-state index < -0.39 is 0 Å². The summed E-state index contributed by atoms with van der Waals surface area (Å²) in [5.41, 5.74) is 1.01. The predicted molar refractivity (Wildman–Crippen MR) is 74.8 cm³/mol. The maximum atomic E-state index is 11.8. The van der Waals surface area contributed by atoms with E-state index in [0.29, 0.717) is 30.8 Å². The number of nitrogens with zero attached hydrogens (tertiary/aromatic N) is 1. The highest BCUT2D eigenvalue weighted by molar-refractivity contribution is 5.92. The molecule has 0 saturated heterocycles. The fourth-order valence-corrected chi connectivity index (χ4v) is 1.73. The zero-order valence-electron chi connectivity index (χ0n) is 10.9. The van der Waals surface area contributed by atoms with Crippen LogP contribution in [0.1, 0.15) is 17.7 Å². The van der Waals surface area contributed by atoms with Crippen molar-refractivity contribution >= 4 is 11.6 Å². The molecule has 0 aliphatic rings. The number of furan rings is 1. The Hall–Kier alpha value is -2.58. The molecule has 2 rings (SSSR count). The predicted octanol–water partition coefficient (Wildman–Crippen LogP) is 2.27. The highest BCUT2D eigenvalue weighted by Crippen LogP contribution is 2.13. The molecule has 0 fully saturated rings. The van der Waals surface area contributed by atoms with Gasteiger partial charge >= 0.3 is 0 Å². The minimum Gasteiger partial charge on any atom is -0.468 e. The smallest absolute Gasteiger partial charge is 0.225 e. The highest BCUT2D eigenvalue weighted by atomic mass is 16.3. The molecule has 1 amide bonds. The monoisotopic (exact) mass is 269 g/mol. The topological polar surface area (TPSA) is 78.1 Å². The second-order valence-corrected chi connectivity index (χ2v) is 4.21. The third kappa shape index (κ3) is 3.97. The first-order valence-corrected chi connectivity index (χ1v) is 6.31. The Kier molecular flexibility index (Phi) is 4.93. The van der Waals surface area contributed by atoms with E-state index in [1.165, 1.54) is 0 Å². The van der Waals surface area contributed by atoms with Gasteiger partial charge in [-0.1, -0.05) is 12.1 Å². The van der Waals surface area contributed by atoms with Crippen LogP contribution in [0.2, 0.25) is 0 Å². The van der Waals surface area contributed by atoms with Crippen LogP contribution < -0.4 is 10.6 Å². The molecular formula is C15H15N3O2. The van der Waals surface area contributed by atoms with Crippen molar-refractivity contribution in [1.82, 2.24) is 5.32 Å². The maximum absolute atomic E-state index is 11.8. The van der Waals surface area contributed by atoms with Gasteiger partial charge < -0.3 is 15.1 Å². The Morgan fingerprint density at radius 1 is 1.25 bits per heavy atom. The zero-order valence-corrected chi connectivity index (χ0v) is 10.9. The van der Waals surface area contributed by atoms with Crippen LogP contribution in [0.5, 0.6) is 0 Å². The molecule has 0 aliphatic carbocycles. The summed E-state index contributed by atoms with van der Waals surface area (Å²) in [6, 6.07) is 12.7. The van der Waals surface area contributed by atoms with E-state index in [1.54, 1.807) is 30.5 Å². The summed E-state index contributed by atoms with van der Waals surface area (Å²) in [4.78, 5) is 11.8. The molecule has 5 nitrogen and oxygen atoms in total. The van der Waals surface area contributed by atoms with Crippen LogP contribution in [-0.2, 0) is 11.3 Å². The number of nitrogens with one attached hydrogen (secondary N) is 2. The Bertz CT molecular complexity index is 600. The van der Waals surface area contributed by atoms with Gasteiger partial charge in [-0.2, -0.15) is 5.26 Å². The molecule has 102 valence electrons. The fraction of sp³-hybridized carbons (Fsp3) is 0.200. The third-order valence-electron chi connectivity index (χ3n) is 2.73. The van der Waals surface area contributed by atoms with Crippen molar-refractivity contribution in [2.45, 2.75) is 13.0 Å². The molecule has 5 heteroatoms. The Balaban J connectivity index is 1.74. The molecule has 1 aromatic heterocycles. The summed E-state index contributed by atoms with van der Waals surface area (Å²) < 4.78 is 5.17. The Morgan fingerprint density at radius 3 is 2.85 bits per heavy atom. The molecule has 1 aromatic carbocycles. The van der Waals surface area contributed by atoms with Gasteiger partial charge in [-0.15, -0.1) is 0 Å². The summed E-state index contributed by atoms with van der Waals surface area (Å²) in [5, 5.41) is 14.8. The average Bonchev–Trinajstić information content (AvgIpc) is 2.97. The molecule has 0 bridgehead atoms. The van der Waals surface area contributed by atoms with Crippen molar-refractivity contribution in [3.8, 4) is 6.07 Å². The van der Waals surface area contributed by atoms with E-state index in [-0.39, 0.29) is 5.91 Å². The van der Waals surface area contributed by atoms with E-state index in [0.717, 1.165) is 5.76 Å². The second-order valence-electron chi connectivity index (χ2n) is 4.21. The minimum absolute atomic E-state index is 0.125. The largest absolute Gasteiger partial charge is 0.468 e. The number of para-hydroxylation sites is 1. The highest BCUT2D eigenvalue weighted by Gasteiger charge is 2.05. The average molecular weight is 269 g/mol. The molecular weight excluding hydrogens is 254 g/mol. The number of hydrogen-bond acceptors (Lipinski definition) is 4. The first-order valence-electron chi connectivity index (χ1n) is 6.31. The lowest BCUT2D eigenvalue weighted by atomic mass is 10.2. The summed E-state index contributed by atoms with van der Waals surface area (Å²) in [6.45, 7) is 1.14. The number of anilines is 1. The zero-order chi connectivity index (χ0) is 14.2. The van der Waals surface area contributed by atoms with Crippen molar-refractivity contribution in [3.63, 3.8) is 0 Å². The molecule has 0 unspecified atom stereocenters. The summed E-state index contributed by atoms with van der Waals surface area (Å²) in [6.07, 6.45) is 1.95. The van der Waals surface area contributed by atoms with Crippen LogP contribution in [0.4, 0.5) is 5.69 Å². The maximum Gasteiger partial charge on any atom is 0.225 e. The van der Waals surface area contributed by atoms with E-state index >= 15 is 0 Å². The minimum atomic E-state index is -0.125. The van der Waals surface area contributed by atoms with Gasteiger partial charge in [0, 0.05) is 13.0 Å². The van der Waals surface area contributed by atoms with Crippen molar-refractivity contribution in [2.24, 2.45) is 0 Å². The van der Waals surface area contributed by atoms with E-state index in [2.05, 4.69) is 10.6 Å². The molecule has 2 aromatic rings. The van der Waals surface area contributed by atoms with Crippen LogP contribution in [0, 0.1) is 11.3 Å². The normalized spacial score (nSPS) is 9.95. The van der Waals surface area contributed by atoms with E-state index in [9.17, 15) is 4.79 Å². The van der Waals surface area contributed by atoms with Crippen LogP contribution in [0.25, 0.3) is 0 Å². The van der Waals surface area contributed by atoms with Gasteiger partial charge in [0.15, 0.2) is 0 Å². The third-order valence-corrected chi connectivity index (χ3v) is 2.73. The van der Waals surface area contributed by atoms with Crippen molar-refractivity contribution < 1.29 is 9.21 Å². The van der Waals surface area contributed by atoms with Crippen LogP contribution in [0.15, 0.2) is 47.1 Å². The van der Waals surface area contributed by atoms with Crippen molar-refractivity contribution in [3.05, 3.63) is 54.0 Å². The van der Waals surface area contributed by atoms with Crippen molar-refractivity contribution in [2.75, 3.05) is 11.9 Å². The number of carbonyl (C=O) groups is 1. The van der Waals surface area contributed by atoms with Gasteiger partial charge in [0.25, 0.3) is 0 Å². The van der Waals surface area contributed by atoms with Gasteiger partial charge in [0.05, 0.1) is 24.1 Å². The van der Waals surface area contributed by atoms with Gasteiger partial charge in [-0.05, 0) is 24.3 Å². The number of benzene rings is 1. The lowest BCUT2D eigenvalue weighted by molar-refractivity contribution is -0.116. The molecule has 20 heavy (non-hydrogen) atoms. The van der Waals surface area contributed by atoms with Crippen molar-refractivity contribution in [1.29, 1.82) is 5.26 Å². The Morgan fingerprint density at radius 2 is 2.10 bits per heavy atom. The van der Waals surface area contributed by atoms with Gasteiger partial charge in [-0.25, -0.2) is 0 Å². The molecule has 0 aliphatic heterocycles.